The van der Waals surface area contributed by atoms with Gasteiger partial charge in [-0.2, -0.15) is 5.26 Å². The van der Waals surface area contributed by atoms with Crippen LogP contribution in [0.15, 0.2) is 27.8 Å². The molecule has 2 aromatic rings. The highest BCUT2D eigenvalue weighted by atomic mass is 19.1. The summed E-state index contributed by atoms with van der Waals surface area (Å²) >= 11 is 0. The quantitative estimate of drug-likeness (QED) is 0.887. The van der Waals surface area contributed by atoms with Gasteiger partial charge in [0.1, 0.15) is 29.8 Å². The fourth-order valence-electron chi connectivity index (χ4n) is 2.81. The van der Waals surface area contributed by atoms with Gasteiger partial charge in [-0.15, -0.1) is 0 Å². The Bertz CT molecular complexity index is 1030. The minimum atomic E-state index is -0.883. The van der Waals surface area contributed by atoms with E-state index in [1.54, 1.807) is 6.07 Å². The molecule has 0 spiro atoms. The van der Waals surface area contributed by atoms with Crippen LogP contribution in [0.3, 0.4) is 0 Å². The molecule has 0 saturated carbocycles. The Morgan fingerprint density at radius 3 is 2.80 bits per heavy atom. The first-order valence-corrected chi connectivity index (χ1v) is 7.44. The zero-order chi connectivity index (χ0) is 18.1. The van der Waals surface area contributed by atoms with Crippen molar-refractivity contribution in [2.24, 2.45) is 0 Å². The molecule has 128 valence electrons. The summed E-state index contributed by atoms with van der Waals surface area (Å²) in [6, 6.07) is 4.29. The van der Waals surface area contributed by atoms with E-state index in [1.807, 2.05) is 0 Å². The molecule has 1 amide bonds. The average Bonchev–Trinajstić information content (AvgIpc) is 3.05. The summed E-state index contributed by atoms with van der Waals surface area (Å²) in [7, 11) is 0. The van der Waals surface area contributed by atoms with Crippen LogP contribution >= 0.6 is 0 Å². The second-order valence-corrected chi connectivity index (χ2v) is 5.53. The molecule has 3 rings (SSSR count). The highest BCUT2D eigenvalue weighted by molar-refractivity contribution is 5.90. The van der Waals surface area contributed by atoms with E-state index in [1.165, 1.54) is 4.57 Å². The third-order valence-corrected chi connectivity index (χ3v) is 3.95. The molecule has 1 aromatic heterocycles. The number of benzene rings is 1. The fraction of sp³-hybridized carbons (Fsp3) is 0.250. The minimum absolute atomic E-state index is 0.179. The maximum absolute atomic E-state index is 13.6. The van der Waals surface area contributed by atoms with Crippen LogP contribution in [-0.2, 0) is 24.3 Å². The van der Waals surface area contributed by atoms with Gasteiger partial charge in [-0.3, -0.25) is 14.2 Å². The number of carbonyl (C=O) groups excluding carboxylic acids is 1. The first kappa shape index (κ1) is 16.6. The number of carbonyl (C=O) groups is 1. The van der Waals surface area contributed by atoms with E-state index in [0.29, 0.717) is 29.6 Å². The largest absolute Gasteiger partial charge is 0.331 e. The van der Waals surface area contributed by atoms with Crippen LogP contribution in [-0.4, -0.2) is 15.0 Å². The van der Waals surface area contributed by atoms with Gasteiger partial charge in [-0.25, -0.2) is 18.1 Å². The standard InChI is InChI=1S/C16H12F2N4O3/c17-9-3-4-11(18)12(6-9)20-14(23)8-22-15(24)10(7-19)13-2-1-5-21(13)16(22)25/h3-4,6H,1-2,5,8H2,(H,20,23). The molecule has 25 heavy (non-hydrogen) atoms. The predicted molar refractivity (Wildman–Crippen MR) is 83.0 cm³/mol. The first-order valence-electron chi connectivity index (χ1n) is 7.44. The molecule has 0 atom stereocenters. The zero-order valence-electron chi connectivity index (χ0n) is 12.9. The van der Waals surface area contributed by atoms with E-state index in [0.717, 1.165) is 18.2 Å². The average molecular weight is 346 g/mol. The van der Waals surface area contributed by atoms with Crippen LogP contribution in [0.2, 0.25) is 0 Å². The van der Waals surface area contributed by atoms with Crippen molar-refractivity contribution in [2.45, 2.75) is 25.9 Å². The molecule has 1 aromatic carbocycles. The summed E-state index contributed by atoms with van der Waals surface area (Å²) in [5.41, 5.74) is -1.78. The van der Waals surface area contributed by atoms with Gasteiger partial charge in [-0.1, -0.05) is 0 Å². The molecule has 2 heterocycles. The SMILES string of the molecule is N#Cc1c2n(c(=O)n(CC(=O)Nc3cc(F)ccc3F)c1=O)CCC2. The van der Waals surface area contributed by atoms with Gasteiger partial charge in [0.05, 0.1) is 5.69 Å². The number of nitriles is 1. The van der Waals surface area contributed by atoms with E-state index in [2.05, 4.69) is 5.32 Å². The summed E-state index contributed by atoms with van der Waals surface area (Å²) in [4.78, 5) is 36.7. The molecule has 0 bridgehead atoms. The molecule has 0 saturated heterocycles. The Balaban J connectivity index is 1.95. The molecule has 9 heteroatoms. The third-order valence-electron chi connectivity index (χ3n) is 3.95. The van der Waals surface area contributed by atoms with Crippen LogP contribution < -0.4 is 16.6 Å². The van der Waals surface area contributed by atoms with Crippen molar-refractivity contribution in [3.63, 3.8) is 0 Å². The van der Waals surface area contributed by atoms with Crippen LogP contribution in [0.4, 0.5) is 14.5 Å². The van der Waals surface area contributed by atoms with Gasteiger partial charge in [-0.05, 0) is 25.0 Å². The number of fused-ring (bicyclic) bond motifs is 1. The number of nitrogens with one attached hydrogen (secondary N) is 1. The molecule has 1 aliphatic heterocycles. The lowest BCUT2D eigenvalue weighted by Gasteiger charge is -2.11. The van der Waals surface area contributed by atoms with E-state index in [9.17, 15) is 23.2 Å². The number of amides is 1. The van der Waals surface area contributed by atoms with E-state index in [-0.39, 0.29) is 5.56 Å². The Hall–Kier alpha value is -3.28. The van der Waals surface area contributed by atoms with Crippen molar-refractivity contribution in [3.05, 3.63) is 61.9 Å². The summed E-state index contributed by atoms with van der Waals surface area (Å²) in [5, 5.41) is 11.3. The number of aromatic nitrogens is 2. The molecular weight excluding hydrogens is 334 g/mol. The van der Waals surface area contributed by atoms with Crippen molar-refractivity contribution in [1.29, 1.82) is 5.26 Å². The van der Waals surface area contributed by atoms with Crippen LogP contribution in [0, 0.1) is 23.0 Å². The lowest BCUT2D eigenvalue weighted by Crippen LogP contribution is -2.44. The second-order valence-electron chi connectivity index (χ2n) is 5.53. The Morgan fingerprint density at radius 1 is 1.32 bits per heavy atom. The summed E-state index contributed by atoms with van der Waals surface area (Å²) in [6.45, 7) is -0.355. The van der Waals surface area contributed by atoms with Gasteiger partial charge in [0.2, 0.25) is 5.91 Å². The third kappa shape index (κ3) is 2.94. The monoisotopic (exact) mass is 346 g/mol. The number of anilines is 1. The number of nitrogens with zero attached hydrogens (tertiary/aromatic N) is 3. The molecule has 0 aliphatic carbocycles. The van der Waals surface area contributed by atoms with Gasteiger partial charge in [0.15, 0.2) is 0 Å². The fourth-order valence-corrected chi connectivity index (χ4v) is 2.81. The Kier molecular flexibility index (Phi) is 4.19. The predicted octanol–water partition coefficient (Wildman–Crippen LogP) is 0.745. The Morgan fingerprint density at radius 2 is 2.08 bits per heavy atom. The minimum Gasteiger partial charge on any atom is -0.322 e. The normalized spacial score (nSPS) is 12.5. The van der Waals surface area contributed by atoms with Crippen molar-refractivity contribution in [3.8, 4) is 6.07 Å². The summed E-state index contributed by atoms with van der Waals surface area (Å²) in [6.07, 6.45) is 1.06. The van der Waals surface area contributed by atoms with Gasteiger partial charge in [0.25, 0.3) is 5.56 Å². The van der Waals surface area contributed by atoms with Crippen LogP contribution in [0.5, 0.6) is 0 Å². The first-order chi connectivity index (χ1) is 11.9. The second kappa shape index (κ2) is 6.32. The Labute approximate surface area is 139 Å². The molecule has 0 fully saturated rings. The highest BCUT2D eigenvalue weighted by Crippen LogP contribution is 2.15. The lowest BCUT2D eigenvalue weighted by atomic mass is 10.2. The van der Waals surface area contributed by atoms with E-state index >= 15 is 0 Å². The maximum Gasteiger partial charge on any atom is 0.331 e. The summed E-state index contributed by atoms with van der Waals surface area (Å²) in [5.74, 6) is -2.49. The van der Waals surface area contributed by atoms with Crippen LogP contribution in [0.25, 0.3) is 0 Å². The van der Waals surface area contributed by atoms with Crippen molar-refractivity contribution in [2.75, 3.05) is 5.32 Å². The number of rotatable bonds is 3. The van der Waals surface area contributed by atoms with Crippen LogP contribution in [0.1, 0.15) is 17.7 Å². The number of hydrogen-bond donors (Lipinski definition) is 1. The summed E-state index contributed by atoms with van der Waals surface area (Å²) < 4.78 is 28.6. The number of hydrogen-bond acceptors (Lipinski definition) is 4. The van der Waals surface area contributed by atoms with Gasteiger partial charge >= 0.3 is 5.69 Å². The maximum atomic E-state index is 13.6. The number of halogens is 2. The van der Waals surface area contributed by atoms with Gasteiger partial charge in [0, 0.05) is 18.3 Å². The van der Waals surface area contributed by atoms with Gasteiger partial charge < -0.3 is 5.32 Å². The topological polar surface area (TPSA) is 96.9 Å². The molecular formula is C16H12F2N4O3. The molecule has 0 unspecified atom stereocenters. The molecule has 0 radical (unpaired) electrons. The van der Waals surface area contributed by atoms with Crippen molar-refractivity contribution in [1.82, 2.24) is 9.13 Å². The highest BCUT2D eigenvalue weighted by Gasteiger charge is 2.23. The molecule has 1 aliphatic rings. The van der Waals surface area contributed by atoms with Crippen molar-refractivity contribution < 1.29 is 13.6 Å². The molecule has 1 N–H and O–H groups in total. The van der Waals surface area contributed by atoms with Crippen molar-refractivity contribution >= 4 is 11.6 Å². The lowest BCUT2D eigenvalue weighted by molar-refractivity contribution is -0.116. The van der Waals surface area contributed by atoms with E-state index in [4.69, 9.17) is 5.26 Å². The molecule has 7 nitrogen and oxygen atoms in total. The van der Waals surface area contributed by atoms with E-state index < -0.39 is 41.0 Å². The smallest absolute Gasteiger partial charge is 0.322 e. The zero-order valence-corrected chi connectivity index (χ0v) is 12.9.